The van der Waals surface area contributed by atoms with Crippen molar-refractivity contribution in [2.75, 3.05) is 13.1 Å². The lowest BCUT2D eigenvalue weighted by Crippen LogP contribution is -2.57. The molecular formula is C29H47N7O5. The van der Waals surface area contributed by atoms with Crippen LogP contribution in [0.2, 0.25) is 0 Å². The van der Waals surface area contributed by atoms with Crippen LogP contribution >= 0.6 is 0 Å². The fraction of sp³-hybridized carbons (Fsp3) is 0.586. The molecule has 12 nitrogen and oxygen atoms in total. The molecule has 228 valence electrons. The molecule has 4 unspecified atom stereocenters. The molecular weight excluding hydrogens is 526 g/mol. The summed E-state index contributed by atoms with van der Waals surface area (Å²) in [6, 6.07) is 3.60. The van der Waals surface area contributed by atoms with E-state index >= 15 is 0 Å². The van der Waals surface area contributed by atoms with E-state index in [-0.39, 0.29) is 18.8 Å². The van der Waals surface area contributed by atoms with Crippen molar-refractivity contribution in [3.63, 3.8) is 0 Å². The molecule has 11 N–H and O–H groups in total. The number of rotatable bonds is 19. The third-order valence-electron chi connectivity index (χ3n) is 6.94. The SMILES string of the molecule is CC(C)CC(NC(=O)C(Cc1c[nH]c2ccccc12)NC(=O)C(CCCCN)NC(=O)C(N)CCCCN)C(=O)O. The Kier molecular flexibility index (Phi) is 14.3. The number of aliphatic carboxylic acids is 1. The van der Waals surface area contributed by atoms with E-state index in [2.05, 4.69) is 20.9 Å². The zero-order chi connectivity index (χ0) is 30.4. The van der Waals surface area contributed by atoms with Crippen molar-refractivity contribution in [1.82, 2.24) is 20.9 Å². The number of nitrogens with one attached hydrogen (secondary N) is 4. The van der Waals surface area contributed by atoms with E-state index < -0.39 is 47.9 Å². The number of carbonyl (C=O) groups excluding carboxylic acids is 3. The molecule has 2 aromatic rings. The number of aromatic nitrogens is 1. The normalized spacial score (nSPS) is 14.3. The molecule has 12 heteroatoms. The Balaban J connectivity index is 2.28. The average Bonchev–Trinajstić information content (AvgIpc) is 3.34. The van der Waals surface area contributed by atoms with Gasteiger partial charge in [0, 0.05) is 23.5 Å². The van der Waals surface area contributed by atoms with E-state index in [4.69, 9.17) is 17.2 Å². The number of unbranched alkanes of at least 4 members (excludes halogenated alkanes) is 2. The number of fused-ring (bicyclic) bond motifs is 1. The smallest absolute Gasteiger partial charge is 0.326 e. The summed E-state index contributed by atoms with van der Waals surface area (Å²) in [6.45, 7) is 4.66. The molecule has 0 saturated heterocycles. The highest BCUT2D eigenvalue weighted by molar-refractivity contribution is 5.94. The summed E-state index contributed by atoms with van der Waals surface area (Å²) in [5, 5.41) is 18.7. The van der Waals surface area contributed by atoms with E-state index in [9.17, 15) is 24.3 Å². The maximum Gasteiger partial charge on any atom is 0.326 e. The quantitative estimate of drug-likeness (QED) is 0.112. The predicted octanol–water partition coefficient (Wildman–Crippen LogP) is 0.881. The van der Waals surface area contributed by atoms with Crippen LogP contribution in [0, 0.1) is 5.92 Å². The Morgan fingerprint density at radius 3 is 2.05 bits per heavy atom. The first-order chi connectivity index (χ1) is 19.6. The van der Waals surface area contributed by atoms with Gasteiger partial charge in [-0.1, -0.05) is 38.5 Å². The molecule has 0 spiro atoms. The predicted molar refractivity (Wildman–Crippen MR) is 159 cm³/mol. The van der Waals surface area contributed by atoms with Crippen LogP contribution in [-0.4, -0.2) is 71.0 Å². The molecule has 4 atom stereocenters. The second kappa shape index (κ2) is 17.4. The highest BCUT2D eigenvalue weighted by atomic mass is 16.4. The Morgan fingerprint density at radius 1 is 0.829 bits per heavy atom. The van der Waals surface area contributed by atoms with Gasteiger partial charge in [-0.05, 0) is 69.2 Å². The van der Waals surface area contributed by atoms with Crippen LogP contribution < -0.4 is 33.2 Å². The largest absolute Gasteiger partial charge is 0.480 e. The number of carbonyl (C=O) groups is 4. The summed E-state index contributed by atoms with van der Waals surface area (Å²) in [5.74, 6) is -2.77. The molecule has 0 bridgehead atoms. The van der Waals surface area contributed by atoms with E-state index in [1.54, 1.807) is 6.20 Å². The third kappa shape index (κ3) is 11.1. The number of nitrogens with two attached hydrogens (primary N) is 3. The maximum absolute atomic E-state index is 13.5. The van der Waals surface area contributed by atoms with Gasteiger partial charge in [0.15, 0.2) is 0 Å². The zero-order valence-corrected chi connectivity index (χ0v) is 24.2. The van der Waals surface area contributed by atoms with E-state index in [0.29, 0.717) is 45.2 Å². The van der Waals surface area contributed by atoms with Gasteiger partial charge in [-0.3, -0.25) is 14.4 Å². The number of H-pyrrole nitrogens is 1. The van der Waals surface area contributed by atoms with Crippen LogP contribution in [0.15, 0.2) is 30.5 Å². The van der Waals surface area contributed by atoms with Crippen LogP contribution in [0.4, 0.5) is 0 Å². The molecule has 0 saturated carbocycles. The minimum atomic E-state index is -1.15. The number of para-hydroxylation sites is 1. The van der Waals surface area contributed by atoms with Crippen molar-refractivity contribution in [3.05, 3.63) is 36.0 Å². The molecule has 3 amide bonds. The van der Waals surface area contributed by atoms with Gasteiger partial charge in [0.1, 0.15) is 18.1 Å². The number of carboxylic acid groups (broad SMARTS) is 1. The van der Waals surface area contributed by atoms with Gasteiger partial charge in [0.2, 0.25) is 17.7 Å². The molecule has 41 heavy (non-hydrogen) atoms. The van der Waals surface area contributed by atoms with Gasteiger partial charge in [0.05, 0.1) is 6.04 Å². The van der Waals surface area contributed by atoms with E-state index in [0.717, 1.165) is 22.9 Å². The maximum atomic E-state index is 13.5. The third-order valence-corrected chi connectivity index (χ3v) is 6.94. The molecule has 0 aliphatic carbocycles. The standard InChI is InChI=1S/C29H47N7O5/c1-18(2)15-25(29(40)41)36-28(39)24(16-19-17-33-22-11-4-3-9-20(19)22)35-27(38)23(12-6-8-14-31)34-26(37)21(32)10-5-7-13-30/h3-4,9,11,17-18,21,23-25,33H,5-8,10,12-16,30-32H2,1-2H3,(H,34,37)(H,35,38)(H,36,39)(H,40,41). The van der Waals surface area contributed by atoms with Gasteiger partial charge in [-0.2, -0.15) is 0 Å². The Labute approximate surface area is 241 Å². The molecule has 1 aromatic carbocycles. The number of aromatic amines is 1. The summed E-state index contributed by atoms with van der Waals surface area (Å²) < 4.78 is 0. The van der Waals surface area contributed by atoms with Crippen molar-refractivity contribution in [2.45, 2.75) is 89.4 Å². The molecule has 1 aromatic heterocycles. The number of benzene rings is 1. The van der Waals surface area contributed by atoms with Crippen molar-refractivity contribution in [3.8, 4) is 0 Å². The van der Waals surface area contributed by atoms with Crippen LogP contribution in [0.1, 0.15) is 64.4 Å². The Hall–Kier alpha value is -3.48. The Morgan fingerprint density at radius 2 is 1.41 bits per heavy atom. The summed E-state index contributed by atoms with van der Waals surface area (Å²) in [5.41, 5.74) is 18.9. The summed E-state index contributed by atoms with van der Waals surface area (Å²) in [6.07, 6.45) is 5.48. The van der Waals surface area contributed by atoms with Crippen molar-refractivity contribution in [1.29, 1.82) is 0 Å². The van der Waals surface area contributed by atoms with Crippen LogP contribution in [-0.2, 0) is 25.6 Å². The van der Waals surface area contributed by atoms with Gasteiger partial charge >= 0.3 is 5.97 Å². The minimum Gasteiger partial charge on any atom is -0.480 e. The lowest BCUT2D eigenvalue weighted by molar-refractivity contribution is -0.142. The van der Waals surface area contributed by atoms with E-state index in [1.807, 2.05) is 38.1 Å². The second-order valence-electron chi connectivity index (χ2n) is 10.9. The average molecular weight is 574 g/mol. The van der Waals surface area contributed by atoms with Gasteiger partial charge < -0.3 is 43.2 Å². The molecule has 1 heterocycles. The molecule has 2 rings (SSSR count). The second-order valence-corrected chi connectivity index (χ2v) is 10.9. The summed E-state index contributed by atoms with van der Waals surface area (Å²) in [7, 11) is 0. The number of hydrogen-bond donors (Lipinski definition) is 8. The van der Waals surface area contributed by atoms with Crippen LogP contribution in [0.5, 0.6) is 0 Å². The van der Waals surface area contributed by atoms with Crippen molar-refractivity contribution < 1.29 is 24.3 Å². The fourth-order valence-corrected chi connectivity index (χ4v) is 4.65. The first-order valence-corrected chi connectivity index (χ1v) is 14.4. The number of amides is 3. The van der Waals surface area contributed by atoms with Crippen LogP contribution in [0.3, 0.4) is 0 Å². The minimum absolute atomic E-state index is 0.0225. The first kappa shape index (κ1) is 33.7. The fourth-order valence-electron chi connectivity index (χ4n) is 4.65. The highest BCUT2D eigenvalue weighted by Crippen LogP contribution is 2.19. The van der Waals surface area contributed by atoms with Crippen LogP contribution in [0.25, 0.3) is 10.9 Å². The van der Waals surface area contributed by atoms with Gasteiger partial charge in [0.25, 0.3) is 0 Å². The molecule has 0 radical (unpaired) electrons. The lowest BCUT2D eigenvalue weighted by atomic mass is 10.0. The summed E-state index contributed by atoms with van der Waals surface area (Å²) in [4.78, 5) is 54.8. The van der Waals surface area contributed by atoms with Crippen molar-refractivity contribution in [2.24, 2.45) is 23.1 Å². The number of hydrogen-bond acceptors (Lipinski definition) is 7. The lowest BCUT2D eigenvalue weighted by Gasteiger charge is -2.25. The topological polar surface area (TPSA) is 218 Å². The molecule has 0 aliphatic heterocycles. The molecule has 0 aliphatic rings. The highest BCUT2D eigenvalue weighted by Gasteiger charge is 2.31. The van der Waals surface area contributed by atoms with Gasteiger partial charge in [-0.25, -0.2) is 4.79 Å². The van der Waals surface area contributed by atoms with Crippen molar-refractivity contribution >= 4 is 34.6 Å². The Bertz CT molecular complexity index is 1140. The van der Waals surface area contributed by atoms with Gasteiger partial charge in [-0.15, -0.1) is 0 Å². The number of carboxylic acids is 1. The molecule has 0 fully saturated rings. The van der Waals surface area contributed by atoms with E-state index in [1.165, 1.54) is 0 Å². The first-order valence-electron chi connectivity index (χ1n) is 14.4. The zero-order valence-electron chi connectivity index (χ0n) is 24.2. The monoisotopic (exact) mass is 573 g/mol. The summed E-state index contributed by atoms with van der Waals surface area (Å²) >= 11 is 0.